The van der Waals surface area contributed by atoms with Crippen LogP contribution in [0.5, 0.6) is 0 Å². The molecule has 0 heterocycles. The lowest BCUT2D eigenvalue weighted by Crippen LogP contribution is -2.54. The minimum Gasteiger partial charge on any atom is -0.387 e. The van der Waals surface area contributed by atoms with E-state index in [-0.39, 0.29) is 18.0 Å². The minimum atomic E-state index is -0.989. The van der Waals surface area contributed by atoms with Crippen LogP contribution in [0.25, 0.3) is 0 Å². The molecule has 0 saturated heterocycles. The fourth-order valence-electron chi connectivity index (χ4n) is 3.14. The molecule has 1 saturated carbocycles. The van der Waals surface area contributed by atoms with Gasteiger partial charge < -0.3 is 15.7 Å². The van der Waals surface area contributed by atoms with Gasteiger partial charge in [0.15, 0.2) is 0 Å². The number of carbonyl (C=O) groups is 1. The summed E-state index contributed by atoms with van der Waals surface area (Å²) in [5.74, 6) is 0.0441. The van der Waals surface area contributed by atoms with E-state index in [1.807, 2.05) is 0 Å². The molecule has 0 aliphatic heterocycles. The number of nitrogens with one attached hydrogen (secondary N) is 2. The summed E-state index contributed by atoms with van der Waals surface area (Å²) in [6.45, 7) is 4.37. The Morgan fingerprint density at radius 1 is 1.29 bits per heavy atom. The van der Waals surface area contributed by atoms with Crippen LogP contribution in [0.15, 0.2) is 24.3 Å². The van der Waals surface area contributed by atoms with Crippen LogP contribution in [0.4, 0.5) is 4.39 Å². The second-order valence-electron chi connectivity index (χ2n) is 7.26. The normalized spacial score (nSPS) is 17.5. The summed E-state index contributed by atoms with van der Waals surface area (Å²) in [5.41, 5.74) is -0.579. The Morgan fingerprint density at radius 2 is 1.96 bits per heavy atom. The summed E-state index contributed by atoms with van der Waals surface area (Å²) < 4.78 is 13.7. The van der Waals surface area contributed by atoms with E-state index in [9.17, 15) is 14.3 Å². The maximum Gasteiger partial charge on any atom is 0.239 e. The number of hydrogen-bond donors (Lipinski definition) is 3. The average Bonchev–Trinajstić information content (AvgIpc) is 2.59. The van der Waals surface area contributed by atoms with Gasteiger partial charge in [-0.25, -0.2) is 4.39 Å². The monoisotopic (exact) mass is 336 g/mol. The number of aliphatic hydroxyl groups excluding tert-OH is 1. The summed E-state index contributed by atoms with van der Waals surface area (Å²) in [6.07, 6.45) is 5.16. The number of hydrogen-bond acceptors (Lipinski definition) is 3. The van der Waals surface area contributed by atoms with E-state index in [0.717, 1.165) is 0 Å². The van der Waals surface area contributed by atoms with Crippen molar-refractivity contribution in [2.45, 2.75) is 57.6 Å². The van der Waals surface area contributed by atoms with Crippen LogP contribution in [0.3, 0.4) is 0 Å². The molecule has 1 fully saturated rings. The fourth-order valence-corrected chi connectivity index (χ4v) is 3.14. The van der Waals surface area contributed by atoms with Gasteiger partial charge in [-0.15, -0.1) is 0 Å². The summed E-state index contributed by atoms with van der Waals surface area (Å²) in [4.78, 5) is 12.4. The van der Waals surface area contributed by atoms with Gasteiger partial charge in [0.25, 0.3) is 0 Å². The van der Waals surface area contributed by atoms with Crippen LogP contribution < -0.4 is 10.6 Å². The smallest absolute Gasteiger partial charge is 0.239 e. The zero-order valence-electron chi connectivity index (χ0n) is 14.6. The van der Waals surface area contributed by atoms with E-state index >= 15 is 0 Å². The van der Waals surface area contributed by atoms with Crippen LogP contribution in [0, 0.1) is 11.7 Å². The number of aliphatic hydroxyl groups is 1. The van der Waals surface area contributed by atoms with Gasteiger partial charge in [-0.2, -0.15) is 0 Å². The van der Waals surface area contributed by atoms with Crippen molar-refractivity contribution in [3.05, 3.63) is 35.6 Å². The van der Waals surface area contributed by atoms with E-state index in [2.05, 4.69) is 10.6 Å². The first-order valence-electron chi connectivity index (χ1n) is 8.86. The van der Waals surface area contributed by atoms with E-state index in [0.29, 0.717) is 12.5 Å². The Morgan fingerprint density at radius 3 is 2.62 bits per heavy atom. The van der Waals surface area contributed by atoms with Crippen LogP contribution in [0.1, 0.15) is 57.6 Å². The molecular formula is C19H29FN2O2. The number of β-amino-alcohol motifs (C(OH)–C–C–N with tert-alkyl or cyclic N) is 1. The lowest BCUT2D eigenvalue weighted by molar-refractivity contribution is -0.126. The summed E-state index contributed by atoms with van der Waals surface area (Å²) in [6, 6.07) is 6.14. The van der Waals surface area contributed by atoms with Gasteiger partial charge in [0.05, 0.1) is 11.6 Å². The fraction of sp³-hybridized carbons (Fsp3) is 0.632. The largest absolute Gasteiger partial charge is 0.387 e. The minimum absolute atomic E-state index is 0.0891. The Balaban J connectivity index is 1.81. The van der Waals surface area contributed by atoms with Crippen molar-refractivity contribution in [1.29, 1.82) is 0 Å². The second kappa shape index (κ2) is 8.58. The van der Waals surface area contributed by atoms with Crippen LogP contribution in [-0.4, -0.2) is 29.6 Å². The molecule has 24 heavy (non-hydrogen) atoms. The van der Waals surface area contributed by atoms with Crippen molar-refractivity contribution in [1.82, 2.24) is 10.6 Å². The van der Waals surface area contributed by atoms with E-state index in [1.54, 1.807) is 32.0 Å². The molecule has 0 bridgehead atoms. The van der Waals surface area contributed by atoms with Gasteiger partial charge in [0, 0.05) is 18.7 Å². The number of rotatable bonds is 7. The molecular weight excluding hydrogens is 307 g/mol. The first-order valence-corrected chi connectivity index (χ1v) is 8.86. The van der Waals surface area contributed by atoms with Crippen molar-refractivity contribution in [2.24, 2.45) is 5.92 Å². The first-order chi connectivity index (χ1) is 11.4. The molecule has 5 heteroatoms. The van der Waals surface area contributed by atoms with E-state index in [4.69, 9.17) is 0 Å². The maximum atomic E-state index is 13.7. The van der Waals surface area contributed by atoms with E-state index < -0.39 is 17.5 Å². The van der Waals surface area contributed by atoms with Gasteiger partial charge in [-0.05, 0) is 38.7 Å². The maximum absolute atomic E-state index is 13.7. The van der Waals surface area contributed by atoms with Gasteiger partial charge >= 0.3 is 0 Å². The molecule has 4 nitrogen and oxygen atoms in total. The molecule has 1 aliphatic carbocycles. The van der Waals surface area contributed by atoms with Crippen molar-refractivity contribution in [3.8, 4) is 0 Å². The predicted molar refractivity (Wildman–Crippen MR) is 93.0 cm³/mol. The highest BCUT2D eigenvalue weighted by Gasteiger charge is 2.28. The van der Waals surface area contributed by atoms with Crippen molar-refractivity contribution < 1.29 is 14.3 Å². The number of benzene rings is 1. The van der Waals surface area contributed by atoms with Gasteiger partial charge in [-0.3, -0.25) is 4.79 Å². The first kappa shape index (κ1) is 18.9. The van der Waals surface area contributed by atoms with Gasteiger partial charge in [0.1, 0.15) is 5.82 Å². The van der Waals surface area contributed by atoms with Gasteiger partial charge in [0.2, 0.25) is 5.91 Å². The summed E-state index contributed by atoms with van der Waals surface area (Å²) in [7, 11) is 0. The SMILES string of the molecule is CC(C)(NCC(O)c1ccccc1F)C(=O)NCC1CCCCC1. The molecule has 1 aromatic rings. The highest BCUT2D eigenvalue weighted by Crippen LogP contribution is 2.23. The molecule has 0 spiro atoms. The van der Waals surface area contributed by atoms with Crippen molar-refractivity contribution in [2.75, 3.05) is 13.1 Å². The zero-order chi connectivity index (χ0) is 17.6. The topological polar surface area (TPSA) is 61.4 Å². The standard InChI is InChI=1S/C19H29FN2O2/c1-19(2,18(24)21-12-14-8-4-3-5-9-14)22-13-17(23)15-10-6-7-11-16(15)20/h6-7,10-11,14,17,22-23H,3-5,8-9,12-13H2,1-2H3,(H,21,24). The molecule has 0 aromatic heterocycles. The predicted octanol–water partition coefficient (Wildman–Crippen LogP) is 2.92. The molecule has 1 aliphatic rings. The molecule has 1 aromatic carbocycles. The molecule has 0 radical (unpaired) electrons. The third-order valence-electron chi connectivity index (χ3n) is 4.85. The average molecular weight is 336 g/mol. The Kier molecular flexibility index (Phi) is 6.75. The molecule has 1 atom stereocenters. The second-order valence-corrected chi connectivity index (χ2v) is 7.26. The van der Waals surface area contributed by atoms with Crippen LogP contribution >= 0.6 is 0 Å². The molecule has 1 unspecified atom stereocenters. The lowest BCUT2D eigenvalue weighted by Gasteiger charge is -2.29. The van der Waals surface area contributed by atoms with Gasteiger partial charge in [-0.1, -0.05) is 37.5 Å². The summed E-state index contributed by atoms with van der Waals surface area (Å²) >= 11 is 0. The third-order valence-corrected chi connectivity index (χ3v) is 4.85. The highest BCUT2D eigenvalue weighted by atomic mass is 19.1. The highest BCUT2D eigenvalue weighted by molar-refractivity contribution is 5.85. The number of amides is 1. The van der Waals surface area contributed by atoms with Crippen LogP contribution in [-0.2, 0) is 4.79 Å². The zero-order valence-corrected chi connectivity index (χ0v) is 14.6. The molecule has 3 N–H and O–H groups in total. The van der Waals surface area contributed by atoms with Crippen molar-refractivity contribution in [3.63, 3.8) is 0 Å². The lowest BCUT2D eigenvalue weighted by atomic mass is 9.89. The molecule has 2 rings (SSSR count). The Labute approximate surface area is 143 Å². The van der Waals surface area contributed by atoms with Crippen molar-refractivity contribution >= 4 is 5.91 Å². The Hall–Kier alpha value is -1.46. The number of halogens is 1. The molecule has 134 valence electrons. The Bertz CT molecular complexity index is 542. The summed E-state index contributed by atoms with van der Waals surface area (Å²) in [5, 5.41) is 16.2. The van der Waals surface area contributed by atoms with Crippen LogP contribution in [0.2, 0.25) is 0 Å². The quantitative estimate of drug-likeness (QED) is 0.717. The molecule has 1 amide bonds. The number of carbonyl (C=O) groups excluding carboxylic acids is 1. The van der Waals surface area contributed by atoms with E-state index in [1.165, 1.54) is 38.2 Å². The third kappa shape index (κ3) is 5.28.